The summed E-state index contributed by atoms with van der Waals surface area (Å²) in [6.45, 7) is 4.63. The van der Waals surface area contributed by atoms with E-state index in [-0.39, 0.29) is 11.6 Å². The molecule has 5 rings (SSSR count). The van der Waals surface area contributed by atoms with Crippen molar-refractivity contribution in [2.45, 2.75) is 19.4 Å². The van der Waals surface area contributed by atoms with Gasteiger partial charge in [-0.2, -0.15) is 0 Å². The van der Waals surface area contributed by atoms with Crippen LogP contribution in [-0.2, 0) is 17.8 Å². The van der Waals surface area contributed by atoms with Crippen LogP contribution in [0.25, 0.3) is 16.9 Å². The van der Waals surface area contributed by atoms with E-state index in [1.807, 2.05) is 54.6 Å². The van der Waals surface area contributed by atoms with Crippen molar-refractivity contribution in [3.63, 3.8) is 0 Å². The number of hydrogen-bond acceptors (Lipinski definition) is 4. The van der Waals surface area contributed by atoms with Gasteiger partial charge in [0.25, 0.3) is 5.91 Å². The van der Waals surface area contributed by atoms with Crippen LogP contribution in [0.15, 0.2) is 67.3 Å². The molecule has 2 amide bonds. The third kappa shape index (κ3) is 3.76. The van der Waals surface area contributed by atoms with Gasteiger partial charge in [-0.15, -0.1) is 0 Å². The van der Waals surface area contributed by atoms with Gasteiger partial charge >= 0.3 is 0 Å². The Morgan fingerprint density at radius 2 is 1.82 bits per heavy atom. The normalized spacial score (nSPS) is 13.4. The van der Waals surface area contributed by atoms with E-state index in [9.17, 15) is 9.59 Å². The van der Waals surface area contributed by atoms with Gasteiger partial charge in [0, 0.05) is 23.4 Å². The fourth-order valence-electron chi connectivity index (χ4n) is 4.21. The van der Waals surface area contributed by atoms with Crippen molar-refractivity contribution < 1.29 is 14.3 Å². The van der Waals surface area contributed by atoms with Gasteiger partial charge in [-0.05, 0) is 55.3 Å². The minimum atomic E-state index is -0.586. The molecule has 166 valence electrons. The van der Waals surface area contributed by atoms with Crippen LogP contribution in [0.4, 0.5) is 0 Å². The molecule has 1 aliphatic heterocycles. The number of nitrogens with one attached hydrogen (secondary N) is 1. The lowest BCUT2D eigenvalue weighted by molar-refractivity contribution is -0.126. The first-order valence-electron chi connectivity index (χ1n) is 10.7. The van der Waals surface area contributed by atoms with Gasteiger partial charge in [-0.3, -0.25) is 14.7 Å². The van der Waals surface area contributed by atoms with Crippen LogP contribution in [0.5, 0.6) is 11.5 Å². The van der Waals surface area contributed by atoms with Gasteiger partial charge in [-0.25, -0.2) is 9.50 Å². The highest BCUT2D eigenvalue weighted by molar-refractivity contribution is 5.98. The van der Waals surface area contributed by atoms with E-state index in [1.54, 1.807) is 9.42 Å². The molecule has 3 heterocycles. The molecule has 8 heteroatoms. The van der Waals surface area contributed by atoms with Gasteiger partial charge in [-0.1, -0.05) is 24.8 Å². The molecule has 0 atom stereocenters. The fourth-order valence-corrected chi connectivity index (χ4v) is 4.21. The predicted octanol–water partition coefficient (Wildman–Crippen LogP) is 3.68. The Morgan fingerprint density at radius 3 is 2.52 bits per heavy atom. The van der Waals surface area contributed by atoms with Gasteiger partial charge < -0.3 is 15.4 Å². The zero-order valence-corrected chi connectivity index (χ0v) is 18.0. The quantitative estimate of drug-likeness (QED) is 0.461. The summed E-state index contributed by atoms with van der Waals surface area (Å²) in [5, 5.41) is 3.28. The van der Waals surface area contributed by atoms with Crippen molar-refractivity contribution in [1.82, 2.24) is 19.5 Å². The highest BCUT2D eigenvalue weighted by Gasteiger charge is 2.27. The molecule has 0 fully saturated rings. The van der Waals surface area contributed by atoms with E-state index < -0.39 is 5.91 Å². The maximum absolute atomic E-state index is 12.4. The third-order valence-electron chi connectivity index (χ3n) is 5.79. The number of rotatable bonds is 5. The largest absolute Gasteiger partial charge is 0.457 e. The Balaban J connectivity index is 1.53. The lowest BCUT2D eigenvalue weighted by Crippen LogP contribution is -2.28. The minimum absolute atomic E-state index is 0.127. The molecule has 4 aromatic rings. The van der Waals surface area contributed by atoms with Crippen molar-refractivity contribution in [1.29, 1.82) is 0 Å². The van der Waals surface area contributed by atoms with Crippen LogP contribution < -0.4 is 10.5 Å². The van der Waals surface area contributed by atoms with Crippen molar-refractivity contribution >= 4 is 17.5 Å². The van der Waals surface area contributed by atoms with Crippen molar-refractivity contribution in [2.75, 3.05) is 6.54 Å². The molecular weight excluding hydrogens is 418 g/mol. The first kappa shape index (κ1) is 20.6. The summed E-state index contributed by atoms with van der Waals surface area (Å²) in [6, 6.07) is 16.8. The topological polar surface area (TPSA) is 106 Å². The summed E-state index contributed by atoms with van der Waals surface area (Å²) in [5.41, 5.74) is 9.70. The first-order valence-corrected chi connectivity index (χ1v) is 10.7. The summed E-state index contributed by atoms with van der Waals surface area (Å²) in [4.78, 5) is 31.2. The van der Waals surface area contributed by atoms with Gasteiger partial charge in [0.1, 0.15) is 17.2 Å². The summed E-state index contributed by atoms with van der Waals surface area (Å²) in [5.74, 6) is 0.693. The summed E-state index contributed by atoms with van der Waals surface area (Å²) in [6.07, 6.45) is 2.87. The standard InChI is InChI=1S/C25H23N5O3/c1-2-21(31)29-14-6-9-20-19(15-29)25-27-22(23(24(26)32)30(25)28-20)16-10-12-18(13-11-16)33-17-7-4-3-5-8-17/h2-5,7-8,10-13,28H,1,6,9,14-15H2,(H2,26,32). The molecule has 2 aromatic heterocycles. The molecule has 2 aromatic carbocycles. The number of amides is 2. The second-order valence-corrected chi connectivity index (χ2v) is 7.91. The summed E-state index contributed by atoms with van der Waals surface area (Å²) >= 11 is 0. The Labute approximate surface area is 190 Å². The summed E-state index contributed by atoms with van der Waals surface area (Å²) < 4.78 is 7.49. The second kappa shape index (κ2) is 8.31. The van der Waals surface area contributed by atoms with Crippen molar-refractivity contribution in [2.24, 2.45) is 5.73 Å². The monoisotopic (exact) mass is 441 g/mol. The van der Waals surface area contributed by atoms with E-state index in [0.29, 0.717) is 30.2 Å². The predicted molar refractivity (Wildman–Crippen MR) is 124 cm³/mol. The Kier molecular flexibility index (Phi) is 5.18. The van der Waals surface area contributed by atoms with Crippen LogP contribution in [0.3, 0.4) is 0 Å². The molecular formula is C25H23N5O3. The molecule has 0 saturated carbocycles. The van der Waals surface area contributed by atoms with E-state index in [0.717, 1.165) is 35.4 Å². The van der Waals surface area contributed by atoms with Gasteiger partial charge in [0.2, 0.25) is 5.91 Å². The van der Waals surface area contributed by atoms with Crippen LogP contribution in [0.2, 0.25) is 0 Å². The van der Waals surface area contributed by atoms with Crippen LogP contribution >= 0.6 is 0 Å². The Hall–Kier alpha value is -4.33. The number of imidazole rings is 1. The van der Waals surface area contributed by atoms with Crippen molar-refractivity contribution in [3.05, 3.63) is 84.2 Å². The molecule has 3 N–H and O–H groups in total. The third-order valence-corrected chi connectivity index (χ3v) is 5.79. The fraction of sp³-hybridized carbons (Fsp3) is 0.160. The number of para-hydroxylation sites is 1. The number of hydrogen-bond donors (Lipinski definition) is 2. The molecule has 0 saturated heterocycles. The maximum atomic E-state index is 12.4. The van der Waals surface area contributed by atoms with Gasteiger partial charge in [0.15, 0.2) is 11.3 Å². The lowest BCUT2D eigenvalue weighted by atomic mass is 10.1. The number of aryl methyl sites for hydroxylation is 1. The highest BCUT2D eigenvalue weighted by Crippen LogP contribution is 2.31. The molecule has 33 heavy (non-hydrogen) atoms. The van der Waals surface area contributed by atoms with Crippen LogP contribution in [-0.4, -0.2) is 37.9 Å². The van der Waals surface area contributed by atoms with E-state index in [1.165, 1.54) is 6.08 Å². The zero-order valence-electron chi connectivity index (χ0n) is 18.0. The summed E-state index contributed by atoms with van der Waals surface area (Å²) in [7, 11) is 0. The number of carbonyl (C=O) groups excluding carboxylic acids is 2. The Morgan fingerprint density at radius 1 is 1.09 bits per heavy atom. The maximum Gasteiger partial charge on any atom is 0.269 e. The number of nitrogens with two attached hydrogens (primary N) is 1. The van der Waals surface area contributed by atoms with E-state index >= 15 is 0 Å². The number of benzene rings is 2. The molecule has 0 aliphatic carbocycles. The van der Waals surface area contributed by atoms with E-state index in [2.05, 4.69) is 11.7 Å². The minimum Gasteiger partial charge on any atom is -0.457 e. The molecule has 0 unspecified atom stereocenters. The van der Waals surface area contributed by atoms with Crippen LogP contribution in [0, 0.1) is 0 Å². The Bertz CT molecular complexity index is 1350. The molecule has 0 radical (unpaired) electrons. The molecule has 1 aliphatic rings. The lowest BCUT2D eigenvalue weighted by Gasteiger charge is -2.18. The van der Waals surface area contributed by atoms with Gasteiger partial charge in [0.05, 0.1) is 6.54 Å². The highest BCUT2D eigenvalue weighted by atomic mass is 16.5. The molecule has 0 bridgehead atoms. The molecule has 0 spiro atoms. The SMILES string of the molecule is C=CC(=O)N1CCCc2[nH]n3c(C(N)=O)c(-c4ccc(Oc5ccccc5)cc4)nc3c2C1. The number of fused-ring (bicyclic) bond motifs is 3. The second-order valence-electron chi connectivity index (χ2n) is 7.91. The van der Waals surface area contributed by atoms with Crippen molar-refractivity contribution in [3.8, 4) is 22.8 Å². The number of ether oxygens (including phenoxy) is 1. The average molecular weight is 441 g/mol. The average Bonchev–Trinajstić information content (AvgIpc) is 3.27. The number of primary amides is 1. The number of H-pyrrole nitrogens is 1. The van der Waals surface area contributed by atoms with E-state index in [4.69, 9.17) is 15.5 Å². The van der Waals surface area contributed by atoms with Crippen LogP contribution in [0.1, 0.15) is 28.2 Å². The number of aromatic nitrogens is 3. The smallest absolute Gasteiger partial charge is 0.269 e. The molecule has 8 nitrogen and oxygen atoms in total. The number of carbonyl (C=O) groups is 2. The number of aromatic amines is 1. The zero-order chi connectivity index (χ0) is 22.9. The first-order chi connectivity index (χ1) is 16.0. The number of nitrogens with zero attached hydrogens (tertiary/aromatic N) is 3.